The van der Waals surface area contributed by atoms with Gasteiger partial charge in [-0.05, 0) is 47.0 Å². The summed E-state index contributed by atoms with van der Waals surface area (Å²) in [4.78, 5) is 11.8. The summed E-state index contributed by atoms with van der Waals surface area (Å²) in [5.41, 5.74) is 5.39. The van der Waals surface area contributed by atoms with Crippen LogP contribution in [0.15, 0.2) is 69.6 Å². The summed E-state index contributed by atoms with van der Waals surface area (Å²) in [6, 6.07) is 2.47. The lowest BCUT2D eigenvalue weighted by Gasteiger charge is -2.24. The van der Waals surface area contributed by atoms with Crippen molar-refractivity contribution in [1.82, 2.24) is 10.4 Å². The van der Waals surface area contributed by atoms with Gasteiger partial charge in [-0.15, -0.1) is 0 Å². The molecule has 0 heterocycles. The minimum absolute atomic E-state index is 0.363. The predicted molar refractivity (Wildman–Crippen MR) is 119 cm³/mol. The quantitative estimate of drug-likeness (QED) is 0.251. The van der Waals surface area contributed by atoms with Crippen LogP contribution >= 0.6 is 15.9 Å². The largest absolute Gasteiger partial charge is 0.493 e. The molecule has 0 radical (unpaired) electrons. The molecule has 0 saturated carbocycles. The molecule has 0 fully saturated rings. The molecule has 2 aliphatic carbocycles. The van der Waals surface area contributed by atoms with Gasteiger partial charge in [-0.2, -0.15) is 0 Å². The lowest BCUT2D eigenvalue weighted by molar-refractivity contribution is -0.135. The Bertz CT molecular complexity index is 839. The number of nitrogens with one attached hydrogen (secondary N) is 1. The molecular weight excluding hydrogens is 432 g/mol. The number of carbonyl (C=O) groups is 1. The van der Waals surface area contributed by atoms with E-state index < -0.39 is 0 Å². The monoisotopic (exact) mass is 458 g/mol. The van der Waals surface area contributed by atoms with Gasteiger partial charge in [-0.3, -0.25) is 10.4 Å². The van der Waals surface area contributed by atoms with Gasteiger partial charge in [-0.25, -0.2) is 4.79 Å². The third-order valence-corrected chi connectivity index (χ3v) is 4.72. The number of ether oxygens (including phenoxy) is 2. The molecule has 0 unspecified atom stereocenters. The van der Waals surface area contributed by atoms with E-state index in [1.165, 1.54) is 7.11 Å². The normalized spacial score (nSPS) is 17.4. The molecule has 29 heavy (non-hydrogen) atoms. The zero-order valence-corrected chi connectivity index (χ0v) is 18.7. The molecule has 0 aliphatic heterocycles. The minimum Gasteiger partial charge on any atom is -0.493 e. The van der Waals surface area contributed by atoms with Crippen molar-refractivity contribution in [3.63, 3.8) is 0 Å². The van der Waals surface area contributed by atoms with Crippen molar-refractivity contribution in [2.75, 3.05) is 20.3 Å². The van der Waals surface area contributed by atoms with Gasteiger partial charge in [0.25, 0.3) is 0 Å². The van der Waals surface area contributed by atoms with Gasteiger partial charge in [-0.1, -0.05) is 54.4 Å². The van der Waals surface area contributed by atoms with Crippen molar-refractivity contribution >= 4 is 21.9 Å². The third kappa shape index (κ3) is 7.35. The van der Waals surface area contributed by atoms with E-state index in [1.807, 2.05) is 35.5 Å². The highest BCUT2D eigenvalue weighted by atomic mass is 79.9. The Labute approximate surface area is 181 Å². The first-order valence-corrected chi connectivity index (χ1v) is 10.3. The molecule has 0 aromatic carbocycles. The van der Waals surface area contributed by atoms with Crippen LogP contribution in [-0.4, -0.2) is 31.2 Å². The second kappa shape index (κ2) is 11.4. The van der Waals surface area contributed by atoms with Crippen molar-refractivity contribution < 1.29 is 14.3 Å². The van der Waals surface area contributed by atoms with Gasteiger partial charge in [0, 0.05) is 17.8 Å². The first-order valence-electron chi connectivity index (χ1n) is 9.46. The third-order valence-electron chi connectivity index (χ3n) is 4.13. The van der Waals surface area contributed by atoms with Crippen LogP contribution in [0.4, 0.5) is 0 Å². The SMILES string of the molecule is C#CNN(/C=C1/C=C(C(=O)OC)C=CC1)CC1=CCC(Br)=CC=C1OCC(C)C. The molecule has 2 rings (SSSR count). The molecule has 0 saturated heterocycles. The van der Waals surface area contributed by atoms with Crippen LogP contribution in [0.25, 0.3) is 0 Å². The second-order valence-electron chi connectivity index (χ2n) is 7.07. The molecule has 2 aliphatic rings. The summed E-state index contributed by atoms with van der Waals surface area (Å²) < 4.78 is 11.9. The van der Waals surface area contributed by atoms with Gasteiger partial charge >= 0.3 is 5.97 Å². The van der Waals surface area contributed by atoms with Crippen molar-refractivity contribution in [2.45, 2.75) is 26.7 Å². The summed E-state index contributed by atoms with van der Waals surface area (Å²) in [5.74, 6) is 0.883. The van der Waals surface area contributed by atoms with Gasteiger partial charge in [0.2, 0.25) is 0 Å². The Hall–Kier alpha value is -2.65. The highest BCUT2D eigenvalue weighted by molar-refractivity contribution is 9.11. The first kappa shape index (κ1) is 22.6. The maximum absolute atomic E-state index is 11.8. The molecule has 0 spiro atoms. The van der Waals surface area contributed by atoms with Crippen LogP contribution in [0.5, 0.6) is 0 Å². The van der Waals surface area contributed by atoms with E-state index in [1.54, 1.807) is 6.08 Å². The van der Waals surface area contributed by atoms with E-state index in [9.17, 15) is 4.79 Å². The van der Waals surface area contributed by atoms with E-state index in [0.717, 1.165) is 27.8 Å². The van der Waals surface area contributed by atoms with Crippen LogP contribution in [0.3, 0.4) is 0 Å². The number of carbonyl (C=O) groups excluding carboxylic acids is 1. The lowest BCUT2D eigenvalue weighted by atomic mass is 10.0. The van der Waals surface area contributed by atoms with Crippen LogP contribution in [0, 0.1) is 18.4 Å². The molecule has 0 aromatic rings. The number of hydrogen-bond donors (Lipinski definition) is 1. The zero-order chi connectivity index (χ0) is 21.2. The van der Waals surface area contributed by atoms with E-state index in [2.05, 4.69) is 47.3 Å². The maximum Gasteiger partial charge on any atom is 0.337 e. The summed E-state index contributed by atoms with van der Waals surface area (Å²) in [6.07, 6.45) is 20.5. The molecular formula is C23H27BrN2O3. The van der Waals surface area contributed by atoms with Crippen LogP contribution in [0.2, 0.25) is 0 Å². The summed E-state index contributed by atoms with van der Waals surface area (Å²) in [7, 11) is 1.37. The molecule has 0 bridgehead atoms. The number of methoxy groups -OCH3 is 1. The Morgan fingerprint density at radius 1 is 1.41 bits per heavy atom. The molecule has 6 heteroatoms. The highest BCUT2D eigenvalue weighted by Crippen LogP contribution is 2.24. The van der Waals surface area contributed by atoms with E-state index >= 15 is 0 Å². The number of rotatable bonds is 8. The number of nitrogens with zero attached hydrogens (tertiary/aromatic N) is 1. The zero-order valence-electron chi connectivity index (χ0n) is 17.1. The highest BCUT2D eigenvalue weighted by Gasteiger charge is 2.15. The van der Waals surface area contributed by atoms with Crippen molar-refractivity contribution in [3.8, 4) is 12.5 Å². The van der Waals surface area contributed by atoms with E-state index in [4.69, 9.17) is 15.9 Å². The molecule has 0 atom stereocenters. The molecule has 5 nitrogen and oxygen atoms in total. The standard InChI is InChI=1S/C23H27BrN2O3/c1-5-25-26(14-18-7-6-8-19(13-18)23(27)28-4)15-20-9-10-21(24)11-12-22(20)29-16-17(2)3/h1,6,8-9,11-14,17,25H,7,10,15-16H2,2-4H3/b18-14+. The molecule has 0 amide bonds. The summed E-state index contributed by atoms with van der Waals surface area (Å²) in [6.45, 7) is 5.38. The summed E-state index contributed by atoms with van der Waals surface area (Å²) >= 11 is 3.56. The number of halogens is 1. The average Bonchev–Trinajstić information content (AvgIpc) is 2.87. The van der Waals surface area contributed by atoms with E-state index in [0.29, 0.717) is 31.1 Å². The van der Waals surface area contributed by atoms with Crippen molar-refractivity contribution in [2.24, 2.45) is 5.92 Å². The van der Waals surface area contributed by atoms with Crippen LogP contribution < -0.4 is 5.43 Å². The second-order valence-corrected chi connectivity index (χ2v) is 8.09. The van der Waals surface area contributed by atoms with Gasteiger partial charge in [0.05, 0.1) is 25.8 Å². The van der Waals surface area contributed by atoms with Gasteiger partial charge in [0.1, 0.15) is 5.76 Å². The van der Waals surface area contributed by atoms with Crippen LogP contribution in [-0.2, 0) is 14.3 Å². The molecule has 1 N–H and O–H groups in total. The number of esters is 1. The fourth-order valence-electron chi connectivity index (χ4n) is 2.75. The lowest BCUT2D eigenvalue weighted by Crippen LogP contribution is -2.32. The fraction of sp³-hybridized carbons (Fsp3) is 0.348. The van der Waals surface area contributed by atoms with Gasteiger partial charge < -0.3 is 9.47 Å². The average molecular weight is 459 g/mol. The topological polar surface area (TPSA) is 50.8 Å². The fourth-order valence-corrected chi connectivity index (χ4v) is 3.04. The Kier molecular flexibility index (Phi) is 8.88. The van der Waals surface area contributed by atoms with Crippen LogP contribution in [0.1, 0.15) is 26.7 Å². The number of allylic oxidation sites excluding steroid dienone is 7. The Balaban J connectivity index is 2.22. The van der Waals surface area contributed by atoms with Gasteiger partial charge in [0.15, 0.2) is 0 Å². The number of hydrogen-bond acceptors (Lipinski definition) is 5. The smallest absolute Gasteiger partial charge is 0.337 e. The van der Waals surface area contributed by atoms with Crippen molar-refractivity contribution in [3.05, 3.63) is 69.6 Å². The predicted octanol–water partition coefficient (Wildman–Crippen LogP) is 4.49. The Morgan fingerprint density at radius 3 is 2.90 bits per heavy atom. The Morgan fingerprint density at radius 2 is 2.21 bits per heavy atom. The van der Waals surface area contributed by atoms with Crippen molar-refractivity contribution in [1.29, 1.82) is 0 Å². The first-order chi connectivity index (χ1) is 13.9. The molecule has 0 aromatic heterocycles. The summed E-state index contributed by atoms with van der Waals surface area (Å²) in [5, 5.41) is 1.82. The van der Waals surface area contributed by atoms with E-state index in [-0.39, 0.29) is 5.97 Å². The number of terminal acetylenes is 1. The number of hydrazine groups is 1. The minimum atomic E-state index is -0.363. The molecule has 154 valence electrons. The maximum atomic E-state index is 11.8.